The molecule has 1 aliphatic carbocycles. The maximum atomic E-state index is 13.4. The number of carbonyl (C=O) groups is 2. The van der Waals surface area contributed by atoms with Crippen molar-refractivity contribution in [3.63, 3.8) is 0 Å². The van der Waals surface area contributed by atoms with Gasteiger partial charge in [0.15, 0.2) is 0 Å². The summed E-state index contributed by atoms with van der Waals surface area (Å²) in [5, 5.41) is 0.394. The number of carbonyl (C=O) groups excluding carboxylic acids is 2. The zero-order valence-electron chi connectivity index (χ0n) is 18.8. The zero-order chi connectivity index (χ0) is 24.0. The lowest BCUT2D eigenvalue weighted by atomic mass is 10.00. The monoisotopic (exact) mass is 495 g/mol. The van der Waals surface area contributed by atoms with Crippen LogP contribution in [0.2, 0.25) is 5.02 Å². The van der Waals surface area contributed by atoms with Crippen molar-refractivity contribution in [2.45, 2.75) is 37.7 Å². The van der Waals surface area contributed by atoms with E-state index in [0.29, 0.717) is 16.3 Å². The quantitative estimate of drug-likeness (QED) is 0.368. The Morgan fingerprint density at radius 3 is 2.35 bits per heavy atom. The molecule has 2 fully saturated rings. The van der Waals surface area contributed by atoms with Crippen molar-refractivity contribution in [2.75, 3.05) is 10.7 Å². The van der Waals surface area contributed by atoms with Crippen molar-refractivity contribution in [2.24, 2.45) is 0 Å². The number of ether oxygens (including phenoxy) is 1. The minimum Gasteiger partial charge on any atom is -0.451 e. The van der Waals surface area contributed by atoms with E-state index in [1.807, 2.05) is 26.0 Å². The first-order valence-corrected chi connectivity index (χ1v) is 12.5. The van der Waals surface area contributed by atoms with Crippen LogP contribution >= 0.6 is 23.4 Å². The van der Waals surface area contributed by atoms with Crippen LogP contribution in [0.15, 0.2) is 60.7 Å². The smallest absolute Gasteiger partial charge is 0.339 e. The van der Waals surface area contributed by atoms with E-state index in [4.69, 9.17) is 16.3 Å². The predicted molar refractivity (Wildman–Crippen MR) is 133 cm³/mol. The first-order valence-electron chi connectivity index (χ1n) is 11.1. The van der Waals surface area contributed by atoms with E-state index in [0.717, 1.165) is 40.8 Å². The van der Waals surface area contributed by atoms with Crippen molar-refractivity contribution in [3.05, 3.63) is 99.3 Å². The number of amides is 1. The highest BCUT2D eigenvalue weighted by molar-refractivity contribution is 8.00. The van der Waals surface area contributed by atoms with Gasteiger partial charge in [0.1, 0.15) is 16.8 Å². The van der Waals surface area contributed by atoms with Gasteiger partial charge in [0.05, 0.1) is 11.3 Å². The molecule has 5 rings (SSSR count). The minimum atomic E-state index is -0.601. The summed E-state index contributed by atoms with van der Waals surface area (Å²) < 4.78 is 19.4. The van der Waals surface area contributed by atoms with E-state index < -0.39 is 5.60 Å². The molecular weight excluding hydrogens is 473 g/mol. The van der Waals surface area contributed by atoms with Gasteiger partial charge < -0.3 is 4.74 Å². The third-order valence-electron chi connectivity index (χ3n) is 6.62. The number of thioether (sulfide) groups is 1. The molecule has 4 nitrogen and oxygen atoms in total. The van der Waals surface area contributed by atoms with Crippen LogP contribution in [0.1, 0.15) is 50.8 Å². The SMILES string of the molecule is Cc1c(C(=O)OC2(c3ccc(Cl)cc3)CC2)ccc(N2C(=O)CSC2c2ccc(F)cc2)c1C. The van der Waals surface area contributed by atoms with Crippen LogP contribution in [0.3, 0.4) is 0 Å². The summed E-state index contributed by atoms with van der Waals surface area (Å²) in [4.78, 5) is 27.7. The molecule has 34 heavy (non-hydrogen) atoms. The highest BCUT2D eigenvalue weighted by Gasteiger charge is 2.49. The topological polar surface area (TPSA) is 46.6 Å². The molecule has 7 heteroatoms. The lowest BCUT2D eigenvalue weighted by Gasteiger charge is -2.27. The Balaban J connectivity index is 1.42. The Hall–Kier alpha value is -2.83. The van der Waals surface area contributed by atoms with Crippen LogP contribution in [-0.2, 0) is 15.1 Å². The van der Waals surface area contributed by atoms with Crippen LogP contribution in [0.5, 0.6) is 0 Å². The van der Waals surface area contributed by atoms with Gasteiger partial charge in [-0.15, -0.1) is 11.8 Å². The van der Waals surface area contributed by atoms with E-state index in [9.17, 15) is 14.0 Å². The average Bonchev–Trinajstić information content (AvgIpc) is 3.50. The number of anilines is 1. The molecule has 1 unspecified atom stereocenters. The van der Waals surface area contributed by atoms with Crippen molar-refractivity contribution in [1.29, 1.82) is 0 Å². The number of rotatable bonds is 5. The van der Waals surface area contributed by atoms with E-state index in [1.165, 1.54) is 23.9 Å². The molecule has 0 N–H and O–H groups in total. The summed E-state index contributed by atoms with van der Waals surface area (Å²) in [6.45, 7) is 3.78. The van der Waals surface area contributed by atoms with Crippen LogP contribution in [-0.4, -0.2) is 17.6 Å². The number of hydrogen-bond donors (Lipinski definition) is 0. The third kappa shape index (κ3) is 4.10. The Kier molecular flexibility index (Phi) is 5.90. The zero-order valence-corrected chi connectivity index (χ0v) is 20.4. The summed E-state index contributed by atoms with van der Waals surface area (Å²) in [6, 6.07) is 17.2. The van der Waals surface area contributed by atoms with E-state index in [2.05, 4.69) is 0 Å². The number of benzene rings is 3. The van der Waals surface area contributed by atoms with E-state index >= 15 is 0 Å². The minimum absolute atomic E-state index is 0.0168. The largest absolute Gasteiger partial charge is 0.451 e. The van der Waals surface area contributed by atoms with Crippen molar-refractivity contribution < 1.29 is 18.7 Å². The summed E-state index contributed by atoms with van der Waals surface area (Å²) >= 11 is 7.51. The molecule has 1 heterocycles. The fourth-order valence-electron chi connectivity index (χ4n) is 4.40. The van der Waals surface area contributed by atoms with Crippen LogP contribution in [0.4, 0.5) is 10.1 Å². The molecule has 1 aliphatic heterocycles. The fraction of sp³-hybridized carbons (Fsp3) is 0.259. The summed E-state index contributed by atoms with van der Waals surface area (Å²) in [5.41, 5.74) is 4.05. The molecule has 1 amide bonds. The molecule has 1 saturated carbocycles. The average molecular weight is 496 g/mol. The second-order valence-electron chi connectivity index (χ2n) is 8.75. The molecule has 1 atom stereocenters. The van der Waals surface area contributed by atoms with Crippen molar-refractivity contribution in [3.8, 4) is 0 Å². The molecule has 0 radical (unpaired) electrons. The summed E-state index contributed by atoms with van der Waals surface area (Å²) in [7, 11) is 0. The van der Waals surface area contributed by atoms with Gasteiger partial charge in [0, 0.05) is 10.7 Å². The standard InChI is InChI=1S/C27H23ClFNO3S/c1-16-17(2)23(30-24(31)15-34-25(30)18-3-9-21(29)10-4-18)12-11-22(16)26(32)33-27(13-14-27)19-5-7-20(28)8-6-19/h3-12,25H,13-15H2,1-2H3. The Morgan fingerprint density at radius 1 is 1.03 bits per heavy atom. The molecule has 0 spiro atoms. The molecule has 3 aromatic rings. The number of esters is 1. The highest BCUT2D eigenvalue weighted by atomic mass is 35.5. The molecule has 1 saturated heterocycles. The van der Waals surface area contributed by atoms with Gasteiger partial charge in [0.2, 0.25) is 5.91 Å². The van der Waals surface area contributed by atoms with Gasteiger partial charge >= 0.3 is 5.97 Å². The summed E-state index contributed by atoms with van der Waals surface area (Å²) in [6.07, 6.45) is 1.55. The first kappa shape index (κ1) is 22.9. The van der Waals surface area contributed by atoms with Gasteiger partial charge in [-0.1, -0.05) is 35.9 Å². The van der Waals surface area contributed by atoms with E-state index in [1.54, 1.807) is 41.3 Å². The Morgan fingerprint density at radius 2 is 1.71 bits per heavy atom. The maximum absolute atomic E-state index is 13.4. The number of nitrogens with zero attached hydrogens (tertiary/aromatic N) is 1. The Bertz CT molecular complexity index is 1270. The van der Waals surface area contributed by atoms with E-state index in [-0.39, 0.29) is 23.1 Å². The van der Waals surface area contributed by atoms with Gasteiger partial charge in [-0.05, 0) is 85.3 Å². The lowest BCUT2D eigenvalue weighted by Crippen LogP contribution is -2.29. The number of halogens is 2. The van der Waals surface area contributed by atoms with Gasteiger partial charge in [-0.25, -0.2) is 9.18 Å². The highest BCUT2D eigenvalue weighted by Crippen LogP contribution is 2.50. The maximum Gasteiger partial charge on any atom is 0.339 e. The molecular formula is C27H23ClFNO3S. The predicted octanol–water partition coefficient (Wildman–Crippen LogP) is 6.72. The molecule has 3 aromatic carbocycles. The number of hydrogen-bond acceptors (Lipinski definition) is 4. The van der Waals surface area contributed by atoms with Crippen molar-refractivity contribution >= 4 is 40.9 Å². The van der Waals surface area contributed by atoms with Crippen molar-refractivity contribution in [1.82, 2.24) is 0 Å². The molecule has 174 valence electrons. The van der Waals surface area contributed by atoms with Crippen LogP contribution in [0, 0.1) is 19.7 Å². The van der Waals surface area contributed by atoms with Gasteiger partial charge in [-0.3, -0.25) is 9.69 Å². The molecule has 0 aromatic heterocycles. The Labute approximate surface area is 207 Å². The second-order valence-corrected chi connectivity index (χ2v) is 10.3. The molecule has 2 aliphatic rings. The first-order chi connectivity index (χ1) is 16.3. The second kappa shape index (κ2) is 8.75. The third-order valence-corrected chi connectivity index (χ3v) is 8.09. The lowest BCUT2D eigenvalue weighted by molar-refractivity contribution is -0.115. The summed E-state index contributed by atoms with van der Waals surface area (Å²) in [5.74, 6) is -0.367. The van der Waals surface area contributed by atoms with Crippen LogP contribution < -0.4 is 4.90 Å². The normalized spacial score (nSPS) is 18.8. The fourth-order valence-corrected chi connectivity index (χ4v) is 5.69. The van der Waals surface area contributed by atoms with Gasteiger partial charge in [0.25, 0.3) is 0 Å². The van der Waals surface area contributed by atoms with Crippen LogP contribution in [0.25, 0.3) is 0 Å². The van der Waals surface area contributed by atoms with Gasteiger partial charge in [-0.2, -0.15) is 0 Å². The molecule has 0 bridgehead atoms.